The molecule has 2 aliphatic heterocycles. The van der Waals surface area contributed by atoms with Crippen LogP contribution in [-0.4, -0.2) is 68.7 Å². The Labute approximate surface area is 257 Å². The van der Waals surface area contributed by atoms with E-state index in [-0.39, 0.29) is 71.0 Å². The summed E-state index contributed by atoms with van der Waals surface area (Å²) in [6.45, 7) is 8.44. The van der Waals surface area contributed by atoms with Crippen molar-refractivity contribution in [1.29, 1.82) is 0 Å². The number of pyridine rings is 2. The molecule has 10 nitrogen and oxygen atoms in total. The Kier molecular flexibility index (Phi) is 7.06. The molecule has 4 aromatic rings. The normalized spacial score (nSPS) is 19.6. The van der Waals surface area contributed by atoms with E-state index in [0.29, 0.717) is 36.6 Å². The fourth-order valence-corrected chi connectivity index (χ4v) is 6.22. The zero-order valence-corrected chi connectivity index (χ0v) is 24.7. The van der Waals surface area contributed by atoms with Crippen molar-refractivity contribution in [3.63, 3.8) is 0 Å². The van der Waals surface area contributed by atoms with Crippen LogP contribution in [0.2, 0.25) is 0 Å². The molecule has 7 rings (SSSR count). The number of piperazine rings is 1. The van der Waals surface area contributed by atoms with Crippen molar-refractivity contribution in [2.75, 3.05) is 31.2 Å². The lowest BCUT2D eigenvalue weighted by atomic mass is 10.1. The molecule has 0 N–H and O–H groups in total. The number of halogens is 2. The maximum atomic E-state index is 16.2. The molecular weight excluding hydrogens is 582 g/mol. The average molecular weight is 613 g/mol. The molecule has 1 amide bonds. The molecule has 1 saturated carbocycles. The zero-order valence-electron chi connectivity index (χ0n) is 24.7. The summed E-state index contributed by atoms with van der Waals surface area (Å²) in [5.41, 5.74) is -0.229. The molecule has 2 atom stereocenters. The van der Waals surface area contributed by atoms with E-state index in [1.54, 1.807) is 35.4 Å². The number of rotatable bonds is 3. The van der Waals surface area contributed by atoms with E-state index in [4.69, 9.17) is 9.47 Å². The highest BCUT2D eigenvalue weighted by molar-refractivity contribution is 5.92. The van der Waals surface area contributed by atoms with Gasteiger partial charge in [0.15, 0.2) is 11.5 Å². The highest BCUT2D eigenvalue weighted by Crippen LogP contribution is 2.43. The minimum absolute atomic E-state index is 0.0600. The number of benzene rings is 1. The van der Waals surface area contributed by atoms with Crippen molar-refractivity contribution < 1.29 is 23.0 Å². The summed E-state index contributed by atoms with van der Waals surface area (Å²) in [4.78, 5) is 44.0. The molecule has 0 spiro atoms. The van der Waals surface area contributed by atoms with E-state index in [9.17, 15) is 9.59 Å². The summed E-state index contributed by atoms with van der Waals surface area (Å²) >= 11 is 0. The molecule has 1 aromatic carbocycles. The molecule has 230 valence electrons. The number of aromatic nitrogens is 4. The first-order chi connectivity index (χ1) is 21.8. The van der Waals surface area contributed by atoms with Crippen molar-refractivity contribution in [3.8, 4) is 28.4 Å². The molecule has 0 unspecified atom stereocenters. The predicted octanol–water partition coefficient (Wildman–Crippen LogP) is 4.55. The van der Waals surface area contributed by atoms with E-state index in [2.05, 4.69) is 21.5 Å². The molecule has 12 heteroatoms. The smallest absolute Gasteiger partial charge is 0.356 e. The lowest BCUT2D eigenvalue weighted by molar-refractivity contribution is -0.126. The van der Waals surface area contributed by atoms with Gasteiger partial charge in [0.05, 0.1) is 28.7 Å². The third kappa shape index (κ3) is 4.80. The van der Waals surface area contributed by atoms with Crippen LogP contribution in [0.1, 0.15) is 31.9 Å². The predicted molar refractivity (Wildman–Crippen MR) is 164 cm³/mol. The van der Waals surface area contributed by atoms with E-state index in [0.717, 1.165) is 0 Å². The highest BCUT2D eigenvalue weighted by Gasteiger charge is 2.51. The van der Waals surface area contributed by atoms with Gasteiger partial charge < -0.3 is 19.3 Å². The number of amides is 1. The van der Waals surface area contributed by atoms with Crippen LogP contribution in [0, 0.1) is 11.6 Å². The molecular formula is C33H30F2N6O4. The van der Waals surface area contributed by atoms with E-state index in [1.807, 2.05) is 18.7 Å². The van der Waals surface area contributed by atoms with Crippen molar-refractivity contribution >= 4 is 22.8 Å². The number of ether oxygens (including phenoxy) is 2. The van der Waals surface area contributed by atoms with Crippen LogP contribution in [0.4, 0.5) is 14.6 Å². The Hall–Kier alpha value is -5.13. The number of fused-ring (bicyclic) bond motifs is 6. The highest BCUT2D eigenvalue weighted by atomic mass is 19.1. The zero-order chi connectivity index (χ0) is 31.4. The Morgan fingerprint density at radius 1 is 1.04 bits per heavy atom. The second-order valence-corrected chi connectivity index (χ2v) is 11.4. The summed E-state index contributed by atoms with van der Waals surface area (Å²) in [7, 11) is 0. The van der Waals surface area contributed by atoms with Gasteiger partial charge in [-0.2, -0.15) is 4.98 Å². The minimum Gasteiger partial charge on any atom is -0.489 e. The summed E-state index contributed by atoms with van der Waals surface area (Å²) in [6.07, 6.45) is 7.00. The molecule has 2 fully saturated rings. The van der Waals surface area contributed by atoms with Gasteiger partial charge in [-0.1, -0.05) is 26.5 Å². The number of hydrogen-bond acceptors (Lipinski definition) is 8. The van der Waals surface area contributed by atoms with E-state index < -0.39 is 17.3 Å². The largest absolute Gasteiger partial charge is 0.489 e. The number of anilines is 1. The van der Waals surface area contributed by atoms with Crippen molar-refractivity contribution in [2.24, 2.45) is 0 Å². The first-order valence-corrected chi connectivity index (χ1v) is 14.8. The monoisotopic (exact) mass is 612 g/mol. The van der Waals surface area contributed by atoms with Crippen molar-refractivity contribution in [2.45, 2.75) is 38.3 Å². The lowest BCUT2D eigenvalue weighted by Gasteiger charge is -2.35. The third-order valence-electron chi connectivity index (χ3n) is 8.37. The minimum atomic E-state index is -0.812. The Morgan fingerprint density at radius 2 is 1.82 bits per heavy atom. The second-order valence-electron chi connectivity index (χ2n) is 11.4. The number of carbonyl (C=O) groups is 1. The van der Waals surface area contributed by atoms with Crippen LogP contribution in [0.15, 0.2) is 66.1 Å². The molecule has 5 heterocycles. The maximum Gasteiger partial charge on any atom is 0.356 e. The Balaban J connectivity index is 1.53. The second kappa shape index (κ2) is 11.1. The van der Waals surface area contributed by atoms with Crippen LogP contribution in [0.3, 0.4) is 0 Å². The van der Waals surface area contributed by atoms with E-state index in [1.165, 1.54) is 28.8 Å². The van der Waals surface area contributed by atoms with Gasteiger partial charge in [-0.25, -0.2) is 23.1 Å². The van der Waals surface area contributed by atoms with Gasteiger partial charge in [0.1, 0.15) is 47.7 Å². The quantitative estimate of drug-likeness (QED) is 0.245. The standard InChI is InChI=1S/C33H30F2N6O4/c1-4-26(42)39-12-13-40(23-17-22(23)39)31-19-16-21(35)29-27-20(34)8-7-9-24(27)44-14-5-6-15-45-25-10-11-36-28(18(2)3)30(25)41(32(19)37-29)33(43)38-31/h4-11,16,18,22-23H,1,12-15,17H2,2-3H3/b6-5-/t22-,23+/m0/s1. The van der Waals surface area contributed by atoms with Gasteiger partial charge in [0, 0.05) is 25.4 Å². The first-order valence-electron chi connectivity index (χ1n) is 14.8. The summed E-state index contributed by atoms with van der Waals surface area (Å²) in [5, 5.41) is 0.250. The summed E-state index contributed by atoms with van der Waals surface area (Å²) in [6, 6.07) is 6.91. The number of nitrogens with zero attached hydrogens (tertiary/aromatic N) is 6. The number of carbonyl (C=O) groups excluding carboxylic acids is 1. The molecule has 3 aliphatic rings. The van der Waals surface area contributed by atoms with Crippen LogP contribution in [0.5, 0.6) is 11.5 Å². The van der Waals surface area contributed by atoms with Gasteiger partial charge in [-0.15, -0.1) is 0 Å². The Morgan fingerprint density at radius 3 is 2.58 bits per heavy atom. The van der Waals surface area contributed by atoms with Crippen LogP contribution >= 0.6 is 0 Å². The molecule has 1 saturated heterocycles. The van der Waals surface area contributed by atoms with Crippen LogP contribution < -0.4 is 20.1 Å². The average Bonchev–Trinajstić information content (AvgIpc) is 3.83. The van der Waals surface area contributed by atoms with E-state index >= 15 is 8.78 Å². The molecule has 1 aliphatic carbocycles. The molecule has 2 bridgehead atoms. The van der Waals surface area contributed by atoms with Crippen LogP contribution in [0.25, 0.3) is 28.0 Å². The first kappa shape index (κ1) is 28.6. The third-order valence-corrected chi connectivity index (χ3v) is 8.37. The number of hydrogen-bond donors (Lipinski definition) is 0. The maximum absolute atomic E-state index is 16.2. The molecule has 3 aromatic heterocycles. The van der Waals surface area contributed by atoms with Crippen LogP contribution in [-0.2, 0) is 4.79 Å². The Bertz CT molecular complexity index is 1960. The fraction of sp³-hybridized carbons (Fsp3) is 0.303. The van der Waals surface area contributed by atoms with Crippen molar-refractivity contribution in [1.82, 2.24) is 24.4 Å². The lowest BCUT2D eigenvalue weighted by Crippen LogP contribution is -2.49. The van der Waals surface area contributed by atoms with Crippen molar-refractivity contribution in [3.05, 3.63) is 89.1 Å². The summed E-state index contributed by atoms with van der Waals surface area (Å²) < 4.78 is 44.9. The summed E-state index contributed by atoms with van der Waals surface area (Å²) in [5.74, 6) is -1.15. The van der Waals surface area contributed by atoms with Gasteiger partial charge in [0.25, 0.3) is 0 Å². The van der Waals surface area contributed by atoms with Gasteiger partial charge in [-0.05, 0) is 48.8 Å². The molecule has 45 heavy (non-hydrogen) atoms. The topological polar surface area (TPSA) is 103 Å². The fourth-order valence-electron chi connectivity index (χ4n) is 6.22. The van der Waals surface area contributed by atoms with Gasteiger partial charge in [0.2, 0.25) is 5.91 Å². The van der Waals surface area contributed by atoms with Gasteiger partial charge in [-0.3, -0.25) is 9.78 Å². The molecule has 0 radical (unpaired) electrons. The van der Waals surface area contributed by atoms with Gasteiger partial charge >= 0.3 is 5.69 Å². The SMILES string of the molecule is C=CC(=O)N1CCN(c2nc(=O)n3c4nc(c(F)cc24)-c2c(F)cccc2OC/C=C\COc2ccnc(C(C)C)c2-3)[C@@H]2C[C@@H]21.